The van der Waals surface area contributed by atoms with E-state index < -0.39 is 0 Å². The molecular formula is C15H14BrNO. The molecule has 2 nitrogen and oxygen atoms in total. The molecule has 0 saturated carbocycles. The molecule has 0 N–H and O–H groups in total. The summed E-state index contributed by atoms with van der Waals surface area (Å²) < 4.78 is 3.26. The van der Waals surface area contributed by atoms with Crippen molar-refractivity contribution in [2.75, 3.05) is 0 Å². The highest BCUT2D eigenvalue weighted by atomic mass is 79.9. The van der Waals surface area contributed by atoms with E-state index >= 15 is 0 Å². The minimum Gasteiger partial charge on any atom is -0.320 e. The van der Waals surface area contributed by atoms with E-state index in [-0.39, 0.29) is 5.78 Å². The summed E-state index contributed by atoms with van der Waals surface area (Å²) in [6.45, 7) is 2.08. The van der Waals surface area contributed by atoms with E-state index in [0.717, 1.165) is 34.3 Å². The van der Waals surface area contributed by atoms with E-state index in [9.17, 15) is 4.79 Å². The van der Waals surface area contributed by atoms with Crippen molar-refractivity contribution in [3.05, 3.63) is 51.8 Å². The van der Waals surface area contributed by atoms with Crippen LogP contribution in [-0.2, 0) is 6.42 Å². The Balaban J connectivity index is 2.12. The first kappa shape index (κ1) is 11.7. The van der Waals surface area contributed by atoms with E-state index in [1.54, 1.807) is 0 Å². The van der Waals surface area contributed by atoms with Gasteiger partial charge in [-0.25, -0.2) is 0 Å². The van der Waals surface area contributed by atoms with Gasteiger partial charge in [0.1, 0.15) is 0 Å². The van der Waals surface area contributed by atoms with Crippen LogP contribution in [0.1, 0.15) is 34.5 Å². The zero-order chi connectivity index (χ0) is 12.7. The summed E-state index contributed by atoms with van der Waals surface area (Å²) in [5, 5.41) is 0. The molecular weight excluding hydrogens is 290 g/mol. The van der Waals surface area contributed by atoms with E-state index in [4.69, 9.17) is 0 Å². The van der Waals surface area contributed by atoms with E-state index in [1.165, 1.54) is 5.56 Å². The third-order valence-corrected chi connectivity index (χ3v) is 4.42. The molecule has 1 aliphatic rings. The molecule has 0 aliphatic heterocycles. The Morgan fingerprint density at radius 3 is 2.83 bits per heavy atom. The lowest BCUT2D eigenvalue weighted by atomic mass is 9.96. The van der Waals surface area contributed by atoms with Gasteiger partial charge in [-0.05, 0) is 49.6 Å². The average Bonchev–Trinajstić information content (AvgIpc) is 2.78. The van der Waals surface area contributed by atoms with Crippen LogP contribution in [0.15, 0.2) is 34.9 Å². The Hall–Kier alpha value is -1.35. The van der Waals surface area contributed by atoms with Crippen molar-refractivity contribution in [2.24, 2.45) is 0 Å². The number of aromatic nitrogens is 1. The predicted octanol–water partition coefficient (Wildman–Crippen LogP) is 4.07. The minimum absolute atomic E-state index is 0.281. The standard InChI is InChI=1S/C15H14BrNO/c1-10-9-11(5-6-13(10)16)17-8-7-12-14(17)3-2-4-15(12)18/h5-9H,2-4H2,1H3. The summed E-state index contributed by atoms with van der Waals surface area (Å²) in [6.07, 6.45) is 4.65. The quantitative estimate of drug-likeness (QED) is 0.778. The number of halogens is 1. The van der Waals surface area contributed by atoms with Gasteiger partial charge in [-0.2, -0.15) is 0 Å². The molecule has 3 rings (SSSR count). The Bertz CT molecular complexity index is 627. The summed E-state index contributed by atoms with van der Waals surface area (Å²) in [5.41, 5.74) is 4.40. The number of benzene rings is 1. The third-order valence-electron chi connectivity index (χ3n) is 3.53. The lowest BCUT2D eigenvalue weighted by molar-refractivity contribution is 0.0972. The lowest BCUT2D eigenvalue weighted by Gasteiger charge is -2.15. The van der Waals surface area contributed by atoms with Crippen LogP contribution >= 0.6 is 15.9 Å². The third kappa shape index (κ3) is 1.83. The van der Waals surface area contributed by atoms with Crippen molar-refractivity contribution < 1.29 is 4.79 Å². The summed E-state index contributed by atoms with van der Waals surface area (Å²) in [4.78, 5) is 11.8. The number of ketones is 1. The number of aryl methyl sites for hydroxylation is 1. The molecule has 0 fully saturated rings. The van der Waals surface area contributed by atoms with Crippen molar-refractivity contribution in [1.29, 1.82) is 0 Å². The molecule has 0 atom stereocenters. The first-order valence-corrected chi connectivity index (χ1v) is 6.96. The van der Waals surface area contributed by atoms with Crippen LogP contribution in [0, 0.1) is 6.92 Å². The Kier molecular flexibility index (Phi) is 2.86. The molecule has 0 unspecified atom stereocenters. The second kappa shape index (κ2) is 4.39. The predicted molar refractivity (Wildman–Crippen MR) is 75.5 cm³/mol. The molecule has 1 aromatic carbocycles. The number of fused-ring (bicyclic) bond motifs is 1. The topological polar surface area (TPSA) is 22.0 Å². The van der Waals surface area contributed by atoms with Gasteiger partial charge >= 0.3 is 0 Å². The molecule has 0 bridgehead atoms. The van der Waals surface area contributed by atoms with Gasteiger partial charge in [0.15, 0.2) is 5.78 Å². The largest absolute Gasteiger partial charge is 0.320 e. The Morgan fingerprint density at radius 2 is 2.06 bits per heavy atom. The summed E-state index contributed by atoms with van der Waals surface area (Å²) in [7, 11) is 0. The normalized spacial score (nSPS) is 14.7. The van der Waals surface area contributed by atoms with E-state index in [1.807, 2.05) is 12.3 Å². The molecule has 0 radical (unpaired) electrons. The number of carbonyl (C=O) groups excluding carboxylic acids is 1. The number of rotatable bonds is 1. The Morgan fingerprint density at radius 1 is 1.22 bits per heavy atom. The van der Waals surface area contributed by atoms with Crippen molar-refractivity contribution in [1.82, 2.24) is 4.57 Å². The average molecular weight is 304 g/mol. The Labute approximate surface area is 115 Å². The van der Waals surface area contributed by atoms with E-state index in [2.05, 4.69) is 45.6 Å². The number of Topliss-reactive ketones (excluding diaryl/α,β-unsaturated/α-hetero) is 1. The van der Waals surface area contributed by atoms with Gasteiger partial charge in [-0.15, -0.1) is 0 Å². The maximum Gasteiger partial charge on any atom is 0.164 e. The van der Waals surface area contributed by atoms with Crippen molar-refractivity contribution in [3.63, 3.8) is 0 Å². The van der Waals surface area contributed by atoms with E-state index in [0.29, 0.717) is 6.42 Å². The molecule has 0 spiro atoms. The number of nitrogens with zero attached hydrogens (tertiary/aromatic N) is 1. The van der Waals surface area contributed by atoms with Gasteiger partial charge in [-0.3, -0.25) is 4.79 Å². The fourth-order valence-electron chi connectivity index (χ4n) is 2.55. The monoisotopic (exact) mass is 303 g/mol. The zero-order valence-electron chi connectivity index (χ0n) is 10.2. The second-order valence-corrected chi connectivity index (χ2v) is 5.61. The number of carbonyl (C=O) groups is 1. The molecule has 2 aromatic rings. The smallest absolute Gasteiger partial charge is 0.164 e. The maximum atomic E-state index is 11.8. The van der Waals surface area contributed by atoms with Crippen LogP contribution in [0.4, 0.5) is 0 Å². The molecule has 3 heteroatoms. The van der Waals surface area contributed by atoms with Gasteiger partial charge in [0.05, 0.1) is 0 Å². The fourth-order valence-corrected chi connectivity index (χ4v) is 2.79. The molecule has 0 amide bonds. The van der Waals surface area contributed by atoms with Gasteiger partial charge in [0.25, 0.3) is 0 Å². The summed E-state index contributed by atoms with van der Waals surface area (Å²) >= 11 is 3.51. The van der Waals surface area contributed by atoms with Gasteiger partial charge in [-0.1, -0.05) is 15.9 Å². The molecule has 0 saturated heterocycles. The molecule has 18 heavy (non-hydrogen) atoms. The zero-order valence-corrected chi connectivity index (χ0v) is 11.8. The van der Waals surface area contributed by atoms with Crippen LogP contribution in [0.5, 0.6) is 0 Å². The van der Waals surface area contributed by atoms with Gasteiger partial charge in [0, 0.05) is 34.0 Å². The van der Waals surface area contributed by atoms with Crippen LogP contribution in [0.2, 0.25) is 0 Å². The highest BCUT2D eigenvalue weighted by Gasteiger charge is 2.20. The van der Waals surface area contributed by atoms with Crippen LogP contribution in [-0.4, -0.2) is 10.4 Å². The highest BCUT2D eigenvalue weighted by molar-refractivity contribution is 9.10. The number of hydrogen-bond donors (Lipinski definition) is 0. The van der Waals surface area contributed by atoms with Crippen molar-refractivity contribution in [3.8, 4) is 5.69 Å². The SMILES string of the molecule is Cc1cc(-n2ccc3c2CCCC3=O)ccc1Br. The van der Waals surface area contributed by atoms with Gasteiger partial charge in [0.2, 0.25) is 0 Å². The summed E-state index contributed by atoms with van der Waals surface area (Å²) in [5.74, 6) is 0.281. The lowest BCUT2D eigenvalue weighted by Crippen LogP contribution is -2.12. The van der Waals surface area contributed by atoms with Gasteiger partial charge < -0.3 is 4.57 Å². The van der Waals surface area contributed by atoms with Crippen LogP contribution in [0.25, 0.3) is 5.69 Å². The fraction of sp³-hybridized carbons (Fsp3) is 0.267. The molecule has 92 valence electrons. The first-order valence-electron chi connectivity index (χ1n) is 6.17. The minimum atomic E-state index is 0.281. The van der Waals surface area contributed by atoms with Crippen molar-refractivity contribution >= 4 is 21.7 Å². The number of hydrogen-bond acceptors (Lipinski definition) is 1. The molecule has 1 heterocycles. The van der Waals surface area contributed by atoms with Crippen LogP contribution < -0.4 is 0 Å². The van der Waals surface area contributed by atoms with Crippen LogP contribution in [0.3, 0.4) is 0 Å². The molecule has 1 aromatic heterocycles. The first-order chi connectivity index (χ1) is 8.66. The highest BCUT2D eigenvalue weighted by Crippen LogP contribution is 2.27. The molecule has 1 aliphatic carbocycles. The summed E-state index contributed by atoms with van der Waals surface area (Å²) in [6, 6.07) is 8.23. The van der Waals surface area contributed by atoms with Crippen molar-refractivity contribution in [2.45, 2.75) is 26.2 Å². The second-order valence-electron chi connectivity index (χ2n) is 4.76. The maximum absolute atomic E-state index is 11.8.